The van der Waals surface area contributed by atoms with Crippen molar-refractivity contribution < 1.29 is 42.1 Å². The molecule has 2 atom stereocenters. The topological polar surface area (TPSA) is 108 Å². The van der Waals surface area contributed by atoms with Gasteiger partial charge in [0, 0.05) is 12.8 Å². The van der Waals surface area contributed by atoms with Crippen molar-refractivity contribution in [3.05, 3.63) is 109 Å². The summed E-state index contributed by atoms with van der Waals surface area (Å²) in [6.07, 6.45) is 90.5. The van der Waals surface area contributed by atoms with Gasteiger partial charge in [0.15, 0.2) is 6.10 Å². The number of esters is 2. The molecule has 10 heteroatoms. The number of likely N-dealkylation sites (N-methyl/N-ethyl adjacent to an activating group) is 1. The van der Waals surface area contributed by atoms with E-state index in [-0.39, 0.29) is 32.0 Å². The normalized spacial score (nSPS) is 13.8. The number of phosphoric acid groups is 1. The molecule has 0 bridgehead atoms. The molecule has 484 valence electrons. The van der Waals surface area contributed by atoms with Crippen LogP contribution in [0.3, 0.4) is 0 Å². The molecule has 0 saturated carbocycles. The summed E-state index contributed by atoms with van der Waals surface area (Å²) in [6.45, 7) is 4.31. The molecule has 1 N–H and O–H groups in total. The molecule has 0 aliphatic carbocycles. The Bertz CT molecular complexity index is 1790. The van der Waals surface area contributed by atoms with Gasteiger partial charge < -0.3 is 18.9 Å². The van der Waals surface area contributed by atoms with Crippen LogP contribution >= 0.6 is 7.82 Å². The second kappa shape index (κ2) is 64.2. The molecule has 0 spiro atoms. The van der Waals surface area contributed by atoms with Crippen molar-refractivity contribution in [2.45, 2.75) is 302 Å². The van der Waals surface area contributed by atoms with Gasteiger partial charge in [-0.2, -0.15) is 0 Å². The number of carbonyl (C=O) groups excluding carboxylic acids is 2. The third-order valence-electron chi connectivity index (χ3n) is 14.8. The van der Waals surface area contributed by atoms with Gasteiger partial charge in [-0.25, -0.2) is 4.57 Å². The first-order chi connectivity index (χ1) is 41.0. The van der Waals surface area contributed by atoms with Crippen LogP contribution in [0.1, 0.15) is 296 Å². The Balaban J connectivity index is 4.15. The molecule has 2 unspecified atom stereocenters. The third kappa shape index (κ3) is 67.8. The molecule has 0 saturated heterocycles. The summed E-state index contributed by atoms with van der Waals surface area (Å²) < 4.78 is 34.7. The Morgan fingerprint density at radius 3 is 1.01 bits per heavy atom. The van der Waals surface area contributed by atoms with Gasteiger partial charge in [-0.05, 0) is 83.5 Å². The van der Waals surface area contributed by atoms with E-state index in [1.807, 2.05) is 21.1 Å². The van der Waals surface area contributed by atoms with Crippen LogP contribution in [0.15, 0.2) is 109 Å². The minimum Gasteiger partial charge on any atom is -0.462 e. The first-order valence-electron chi connectivity index (χ1n) is 34.6. The van der Waals surface area contributed by atoms with E-state index in [4.69, 9.17) is 18.5 Å². The number of hydrogen-bond donors (Lipinski definition) is 1. The molecule has 0 heterocycles. The van der Waals surface area contributed by atoms with Crippen LogP contribution < -0.4 is 0 Å². The fourth-order valence-electron chi connectivity index (χ4n) is 9.54. The van der Waals surface area contributed by atoms with Gasteiger partial charge in [0.1, 0.15) is 19.8 Å². The van der Waals surface area contributed by atoms with E-state index >= 15 is 0 Å². The fourth-order valence-corrected chi connectivity index (χ4v) is 10.3. The summed E-state index contributed by atoms with van der Waals surface area (Å²) in [7, 11) is 1.45. The van der Waals surface area contributed by atoms with E-state index in [0.717, 1.165) is 96.3 Å². The average Bonchev–Trinajstić information content (AvgIpc) is 3.61. The number of hydrogen-bond acceptors (Lipinski definition) is 7. The number of phosphoric ester groups is 1. The molecule has 0 radical (unpaired) electrons. The van der Waals surface area contributed by atoms with E-state index in [0.29, 0.717) is 17.4 Å². The third-order valence-corrected chi connectivity index (χ3v) is 15.8. The van der Waals surface area contributed by atoms with Crippen molar-refractivity contribution in [3.63, 3.8) is 0 Å². The molecule has 0 aromatic rings. The molecule has 0 aromatic heterocycles. The van der Waals surface area contributed by atoms with Crippen molar-refractivity contribution in [2.24, 2.45) is 0 Å². The maximum Gasteiger partial charge on any atom is 0.472 e. The average molecular weight is 1190 g/mol. The van der Waals surface area contributed by atoms with Crippen LogP contribution in [0.25, 0.3) is 0 Å². The SMILES string of the molecule is CC/C=C\C/C=C\C/C=C\C/C=C\C/C=C\C/C=C\C/C=C\C/C=C\C/C=C\CCCCCC(=O)OC(COC(=O)CCCCCCCCCCCCCCCCCCCCCCCCCCCCCCC)COP(=O)(O)OCC[N+](C)(C)C. The molecule has 0 aromatic carbocycles. The van der Waals surface area contributed by atoms with Crippen molar-refractivity contribution >= 4 is 19.8 Å². The van der Waals surface area contributed by atoms with E-state index < -0.39 is 26.5 Å². The molecule has 0 fully saturated rings. The zero-order chi connectivity index (χ0) is 61.2. The molecule has 0 aliphatic rings. The standard InChI is InChI=1S/C74H130NO8P/c1-6-8-10-12-14-16-18-20-22-24-26-28-30-32-34-36-37-39-41-43-45-47-49-51-53-55-57-59-61-63-65-67-74(77)83-72(71-82-84(78,79)81-69-68-75(3,4)5)70-80-73(76)66-64-62-60-58-56-54-52-50-48-46-44-42-40-38-35-33-31-29-27-25-23-21-19-17-15-13-11-9-7-2/h8,10,14,16,20,22,26,28,32,34,37,39,43,45,49,51,55,57,72H,6-7,9,11-13,15,17-19,21,23-25,27,29-31,33,35-36,38,40-42,44,46-48,50,52-54,56,58-71H2,1-5H3/p+1/b10-8-,16-14-,22-20-,28-26-,34-32-,39-37-,45-43-,51-49-,57-55-. The van der Waals surface area contributed by atoms with Gasteiger partial charge in [0.05, 0.1) is 27.7 Å². The lowest BCUT2D eigenvalue weighted by Crippen LogP contribution is -2.37. The quantitative estimate of drug-likeness (QED) is 0.0211. The fraction of sp³-hybridized carbons (Fsp3) is 0.730. The number of ether oxygens (including phenoxy) is 2. The summed E-state index contributed by atoms with van der Waals surface area (Å²) in [5.41, 5.74) is 0. The molecule has 0 rings (SSSR count). The zero-order valence-corrected chi connectivity index (χ0v) is 56.0. The molecule has 0 amide bonds. The van der Waals surface area contributed by atoms with E-state index in [1.165, 1.54) is 167 Å². The van der Waals surface area contributed by atoms with Crippen molar-refractivity contribution in [1.82, 2.24) is 0 Å². The highest BCUT2D eigenvalue weighted by atomic mass is 31.2. The van der Waals surface area contributed by atoms with Gasteiger partial charge in [-0.15, -0.1) is 0 Å². The summed E-state index contributed by atoms with van der Waals surface area (Å²) >= 11 is 0. The maximum absolute atomic E-state index is 12.9. The first kappa shape index (κ1) is 80.7. The van der Waals surface area contributed by atoms with Gasteiger partial charge in [0.2, 0.25) is 0 Å². The van der Waals surface area contributed by atoms with Gasteiger partial charge in [-0.1, -0.05) is 309 Å². The molecule has 0 aliphatic heterocycles. The number of unbranched alkanes of at least 4 members (excludes halogenated alkanes) is 31. The van der Waals surface area contributed by atoms with Crippen LogP contribution in [-0.2, 0) is 32.7 Å². The highest BCUT2D eigenvalue weighted by Gasteiger charge is 2.27. The van der Waals surface area contributed by atoms with Crippen LogP contribution in [0, 0.1) is 0 Å². The Morgan fingerprint density at radius 2 is 0.679 bits per heavy atom. The van der Waals surface area contributed by atoms with Crippen LogP contribution in [-0.4, -0.2) is 74.9 Å². The molecular weight excluding hydrogens is 1060 g/mol. The van der Waals surface area contributed by atoms with E-state index in [1.54, 1.807) is 0 Å². The maximum atomic E-state index is 12.9. The van der Waals surface area contributed by atoms with E-state index in [2.05, 4.69) is 123 Å². The smallest absolute Gasteiger partial charge is 0.462 e. The number of nitrogens with zero attached hydrogens (tertiary/aromatic N) is 1. The second-order valence-corrected chi connectivity index (χ2v) is 25.6. The van der Waals surface area contributed by atoms with Gasteiger partial charge in [0.25, 0.3) is 0 Å². The summed E-state index contributed by atoms with van der Waals surface area (Å²) in [6, 6.07) is 0. The van der Waals surface area contributed by atoms with Crippen LogP contribution in [0.4, 0.5) is 0 Å². The van der Waals surface area contributed by atoms with Crippen molar-refractivity contribution in [2.75, 3.05) is 47.5 Å². The Hall–Kier alpha value is -3.33. The van der Waals surface area contributed by atoms with Gasteiger partial charge >= 0.3 is 19.8 Å². The van der Waals surface area contributed by atoms with Gasteiger partial charge in [-0.3, -0.25) is 18.6 Å². The lowest BCUT2D eigenvalue weighted by molar-refractivity contribution is -0.870. The van der Waals surface area contributed by atoms with Crippen molar-refractivity contribution in [1.29, 1.82) is 0 Å². The Morgan fingerprint density at radius 1 is 0.381 bits per heavy atom. The lowest BCUT2D eigenvalue weighted by Gasteiger charge is -2.24. The largest absolute Gasteiger partial charge is 0.472 e. The number of rotatable bonds is 63. The first-order valence-corrected chi connectivity index (χ1v) is 36.1. The zero-order valence-electron chi connectivity index (χ0n) is 55.1. The Labute approximate surface area is 518 Å². The summed E-state index contributed by atoms with van der Waals surface area (Å²) in [4.78, 5) is 35.8. The van der Waals surface area contributed by atoms with E-state index in [9.17, 15) is 19.0 Å². The summed E-state index contributed by atoms with van der Waals surface area (Å²) in [5.74, 6) is -0.832. The Kier molecular flexibility index (Phi) is 61.6. The minimum absolute atomic E-state index is 0.0206. The monoisotopic (exact) mass is 1190 g/mol. The van der Waals surface area contributed by atoms with Crippen LogP contribution in [0.5, 0.6) is 0 Å². The predicted octanol–water partition coefficient (Wildman–Crippen LogP) is 22.5. The number of carbonyl (C=O) groups is 2. The molecular formula is C74H131NO8P+. The summed E-state index contributed by atoms with van der Waals surface area (Å²) in [5, 5.41) is 0. The predicted molar refractivity (Wildman–Crippen MR) is 362 cm³/mol. The molecule has 9 nitrogen and oxygen atoms in total. The number of quaternary nitrogens is 1. The number of allylic oxidation sites excluding steroid dienone is 18. The van der Waals surface area contributed by atoms with Crippen molar-refractivity contribution in [3.8, 4) is 0 Å². The highest BCUT2D eigenvalue weighted by molar-refractivity contribution is 7.47. The highest BCUT2D eigenvalue weighted by Crippen LogP contribution is 2.43. The lowest BCUT2D eigenvalue weighted by atomic mass is 10.0. The molecule has 84 heavy (non-hydrogen) atoms. The van der Waals surface area contributed by atoms with Crippen LogP contribution in [0.2, 0.25) is 0 Å². The second-order valence-electron chi connectivity index (χ2n) is 24.2. The minimum atomic E-state index is -4.41.